The summed E-state index contributed by atoms with van der Waals surface area (Å²) in [5.41, 5.74) is 3.27. The lowest BCUT2D eigenvalue weighted by molar-refractivity contribution is -0.144. The van der Waals surface area contributed by atoms with Crippen LogP contribution in [-0.4, -0.2) is 10.2 Å². The Morgan fingerprint density at radius 2 is 1.05 bits per heavy atom. The smallest absolute Gasteiger partial charge is 0.120 e. The average molecular weight is 268 g/mol. The molecule has 0 heterocycles. The minimum absolute atomic E-state index is 0.784. The van der Waals surface area contributed by atoms with Crippen molar-refractivity contribution in [3.63, 3.8) is 0 Å². The van der Waals surface area contributed by atoms with E-state index in [1.807, 2.05) is 38.1 Å². The van der Waals surface area contributed by atoms with Gasteiger partial charge in [0.05, 0.1) is 0 Å². The highest BCUT2D eigenvalue weighted by atomic mass is 16.4. The van der Waals surface area contributed by atoms with Gasteiger partial charge in [0.1, 0.15) is 11.2 Å². The average Bonchev–Trinajstić information content (AvgIpc) is 2.36. The molecule has 20 heavy (non-hydrogen) atoms. The minimum atomic E-state index is -1.31. The lowest BCUT2D eigenvalue weighted by Crippen LogP contribution is -2.47. The van der Waals surface area contributed by atoms with Gasteiger partial charge >= 0.3 is 0 Å². The van der Waals surface area contributed by atoms with E-state index in [0.717, 1.165) is 33.4 Å². The molecule has 0 saturated carbocycles. The van der Waals surface area contributed by atoms with Gasteiger partial charge in [0, 0.05) is 0 Å². The van der Waals surface area contributed by atoms with Gasteiger partial charge in [-0.25, -0.2) is 0 Å². The van der Waals surface area contributed by atoms with Crippen molar-refractivity contribution >= 4 is 0 Å². The fraction of sp³-hybridized carbons (Fsp3) is 0.333. The van der Waals surface area contributed by atoms with Crippen LogP contribution in [0.3, 0.4) is 0 Å². The second-order valence-electron chi connectivity index (χ2n) is 6.24. The largest absolute Gasteiger partial charge is 0.382 e. The molecule has 2 unspecified atom stereocenters. The fourth-order valence-electron chi connectivity index (χ4n) is 3.14. The molecule has 2 heteroatoms. The molecule has 2 atom stereocenters. The summed E-state index contributed by atoms with van der Waals surface area (Å²) in [6.45, 7) is 7.45. The molecule has 2 N–H and O–H groups in total. The zero-order valence-electron chi connectivity index (χ0n) is 12.4. The number of aryl methyl sites for hydroxylation is 2. The van der Waals surface area contributed by atoms with Crippen LogP contribution in [0.25, 0.3) is 11.1 Å². The van der Waals surface area contributed by atoms with Crippen molar-refractivity contribution in [2.45, 2.75) is 38.9 Å². The van der Waals surface area contributed by atoms with Gasteiger partial charge in [-0.2, -0.15) is 0 Å². The molecule has 0 fully saturated rings. The van der Waals surface area contributed by atoms with E-state index in [0.29, 0.717) is 0 Å². The first-order chi connectivity index (χ1) is 9.25. The van der Waals surface area contributed by atoms with Crippen molar-refractivity contribution in [3.05, 3.63) is 58.7 Å². The molecule has 0 bridgehead atoms. The van der Waals surface area contributed by atoms with E-state index >= 15 is 0 Å². The molecule has 104 valence electrons. The lowest BCUT2D eigenvalue weighted by atomic mass is 9.67. The number of rotatable bonds is 0. The minimum Gasteiger partial charge on any atom is -0.382 e. The molecule has 1 aliphatic rings. The molecular formula is C18H20O2. The molecule has 0 aromatic heterocycles. The third-order valence-corrected chi connectivity index (χ3v) is 4.64. The summed E-state index contributed by atoms with van der Waals surface area (Å²) < 4.78 is 0. The molecule has 2 nitrogen and oxygen atoms in total. The van der Waals surface area contributed by atoms with Crippen LogP contribution in [0, 0.1) is 13.8 Å². The molecule has 0 aliphatic heterocycles. The van der Waals surface area contributed by atoms with Crippen molar-refractivity contribution in [2.75, 3.05) is 0 Å². The number of aliphatic hydroxyl groups is 2. The van der Waals surface area contributed by atoms with E-state index in [9.17, 15) is 10.2 Å². The third-order valence-electron chi connectivity index (χ3n) is 4.64. The summed E-state index contributed by atoms with van der Waals surface area (Å²) in [6, 6.07) is 12.0. The summed E-state index contributed by atoms with van der Waals surface area (Å²) in [4.78, 5) is 0. The Balaban J connectivity index is 2.44. The first-order valence-corrected chi connectivity index (χ1v) is 6.92. The van der Waals surface area contributed by atoms with Crippen molar-refractivity contribution in [1.29, 1.82) is 0 Å². The Labute approximate surface area is 119 Å². The fourth-order valence-corrected chi connectivity index (χ4v) is 3.14. The second kappa shape index (κ2) is 3.94. The number of fused-ring (bicyclic) bond motifs is 3. The van der Waals surface area contributed by atoms with Gasteiger partial charge in [0.25, 0.3) is 0 Å². The van der Waals surface area contributed by atoms with Crippen LogP contribution < -0.4 is 0 Å². The van der Waals surface area contributed by atoms with Crippen LogP contribution in [0.15, 0.2) is 36.4 Å². The van der Waals surface area contributed by atoms with Crippen molar-refractivity contribution < 1.29 is 10.2 Å². The predicted molar refractivity (Wildman–Crippen MR) is 80.5 cm³/mol. The monoisotopic (exact) mass is 268 g/mol. The normalized spacial score (nSPS) is 27.9. The molecular weight excluding hydrogens is 248 g/mol. The highest BCUT2D eigenvalue weighted by Gasteiger charge is 2.50. The zero-order chi connectivity index (χ0) is 14.7. The van der Waals surface area contributed by atoms with E-state index in [1.54, 1.807) is 13.8 Å². The van der Waals surface area contributed by atoms with Gasteiger partial charge in [-0.1, -0.05) is 47.5 Å². The molecule has 1 aliphatic carbocycles. The quantitative estimate of drug-likeness (QED) is 0.769. The first kappa shape index (κ1) is 13.3. The van der Waals surface area contributed by atoms with Gasteiger partial charge in [0.2, 0.25) is 0 Å². The summed E-state index contributed by atoms with van der Waals surface area (Å²) in [6.07, 6.45) is 0. The van der Waals surface area contributed by atoms with Gasteiger partial charge in [-0.3, -0.25) is 0 Å². The predicted octanol–water partition coefficient (Wildman–Crippen LogP) is 3.40. The van der Waals surface area contributed by atoms with Crippen LogP contribution in [0.1, 0.15) is 36.1 Å². The van der Waals surface area contributed by atoms with E-state index in [1.165, 1.54) is 0 Å². The number of hydrogen-bond donors (Lipinski definition) is 2. The maximum atomic E-state index is 10.9. The van der Waals surface area contributed by atoms with Crippen molar-refractivity contribution in [3.8, 4) is 11.1 Å². The SMILES string of the molecule is Cc1ccc2c(c1)-c1cc(C)ccc1C(C)(O)C2(C)O. The van der Waals surface area contributed by atoms with Crippen LogP contribution in [0.2, 0.25) is 0 Å². The zero-order valence-corrected chi connectivity index (χ0v) is 12.4. The summed E-state index contributed by atoms with van der Waals surface area (Å²) in [7, 11) is 0. The molecule has 3 rings (SSSR count). The first-order valence-electron chi connectivity index (χ1n) is 6.92. The van der Waals surface area contributed by atoms with Crippen LogP contribution in [0.5, 0.6) is 0 Å². The Morgan fingerprint density at radius 3 is 1.40 bits per heavy atom. The Kier molecular flexibility index (Phi) is 2.63. The van der Waals surface area contributed by atoms with Gasteiger partial charge in [0.15, 0.2) is 0 Å². The molecule has 2 aromatic carbocycles. The van der Waals surface area contributed by atoms with Crippen LogP contribution in [-0.2, 0) is 11.2 Å². The molecule has 0 radical (unpaired) electrons. The van der Waals surface area contributed by atoms with Gasteiger partial charge < -0.3 is 10.2 Å². The Bertz CT molecular complexity index is 635. The standard InChI is InChI=1S/C18H20O2/c1-11-5-7-15-13(9-11)14-10-12(2)6-8-16(14)18(4,20)17(15,3)19/h5-10,19-20H,1-4H3. The van der Waals surface area contributed by atoms with Crippen molar-refractivity contribution in [2.24, 2.45) is 0 Å². The van der Waals surface area contributed by atoms with Gasteiger partial charge in [-0.15, -0.1) is 0 Å². The summed E-state index contributed by atoms with van der Waals surface area (Å²) >= 11 is 0. The molecule has 0 spiro atoms. The second-order valence-corrected chi connectivity index (χ2v) is 6.24. The summed E-state index contributed by atoms with van der Waals surface area (Å²) in [5.74, 6) is 0. The van der Waals surface area contributed by atoms with Crippen LogP contribution in [0.4, 0.5) is 0 Å². The van der Waals surface area contributed by atoms with E-state index < -0.39 is 11.2 Å². The maximum Gasteiger partial charge on any atom is 0.120 e. The van der Waals surface area contributed by atoms with Gasteiger partial charge in [-0.05, 0) is 49.9 Å². The lowest BCUT2D eigenvalue weighted by Gasteiger charge is -2.45. The van der Waals surface area contributed by atoms with Crippen LogP contribution >= 0.6 is 0 Å². The highest BCUT2D eigenvalue weighted by molar-refractivity contribution is 5.77. The molecule has 0 saturated heterocycles. The third kappa shape index (κ3) is 1.58. The Hall–Kier alpha value is -1.64. The molecule has 2 aromatic rings. The van der Waals surface area contributed by atoms with E-state index in [4.69, 9.17) is 0 Å². The van der Waals surface area contributed by atoms with Crippen molar-refractivity contribution in [1.82, 2.24) is 0 Å². The van der Waals surface area contributed by atoms with E-state index in [2.05, 4.69) is 12.1 Å². The summed E-state index contributed by atoms with van der Waals surface area (Å²) in [5, 5.41) is 21.8. The van der Waals surface area contributed by atoms with E-state index in [-0.39, 0.29) is 0 Å². The highest BCUT2D eigenvalue weighted by Crippen LogP contribution is 2.51. The number of benzene rings is 2. The maximum absolute atomic E-state index is 10.9. The Morgan fingerprint density at radius 1 is 0.700 bits per heavy atom. The topological polar surface area (TPSA) is 40.5 Å². The number of hydrogen-bond acceptors (Lipinski definition) is 2. The molecule has 0 amide bonds.